The van der Waals surface area contributed by atoms with E-state index in [0.717, 1.165) is 54.9 Å². The van der Waals surface area contributed by atoms with Gasteiger partial charge in [-0.15, -0.1) is 0 Å². The minimum absolute atomic E-state index is 0.210. The molecule has 1 aliphatic carbocycles. The summed E-state index contributed by atoms with van der Waals surface area (Å²) in [6.07, 6.45) is 4.31. The normalized spacial score (nSPS) is 18.2. The third kappa shape index (κ3) is 5.63. The number of rotatable bonds is 9. The number of methoxy groups -OCH3 is 1. The molecule has 3 aromatic rings. The summed E-state index contributed by atoms with van der Waals surface area (Å²) in [5.41, 5.74) is 5.59. The number of ether oxygens (including phenoxy) is 2. The zero-order valence-electron chi connectivity index (χ0n) is 19.4. The van der Waals surface area contributed by atoms with Gasteiger partial charge < -0.3 is 14.6 Å². The lowest BCUT2D eigenvalue weighted by molar-refractivity contribution is -0.142. The van der Waals surface area contributed by atoms with Crippen LogP contribution < -0.4 is 4.74 Å². The minimum atomic E-state index is -0.906. The van der Waals surface area contributed by atoms with Crippen LogP contribution in [0.4, 0.5) is 0 Å². The van der Waals surface area contributed by atoms with Crippen molar-refractivity contribution in [3.05, 3.63) is 60.3 Å². The number of aryl methyl sites for hydroxylation is 1. The van der Waals surface area contributed by atoms with E-state index in [0.29, 0.717) is 18.4 Å². The lowest BCUT2D eigenvalue weighted by atomic mass is 9.82. The summed E-state index contributed by atoms with van der Waals surface area (Å²) in [6.45, 7) is 3.27. The van der Waals surface area contributed by atoms with Crippen molar-refractivity contribution in [2.24, 2.45) is 11.8 Å². The fourth-order valence-corrected chi connectivity index (χ4v) is 4.87. The highest BCUT2D eigenvalue weighted by molar-refractivity contribution is 5.83. The van der Waals surface area contributed by atoms with Crippen LogP contribution >= 0.6 is 0 Å². The molecule has 2 aromatic carbocycles. The van der Waals surface area contributed by atoms with Crippen molar-refractivity contribution in [1.82, 2.24) is 9.78 Å². The highest BCUT2D eigenvalue weighted by Gasteiger charge is 2.25. The SMILES string of the molecule is COc1cccc(-c2c(-c3ccccc3)c(C)nn2C[C@H]2CC[C@H](COCC(=O)O)CC2)c1. The van der Waals surface area contributed by atoms with Gasteiger partial charge in [-0.1, -0.05) is 42.5 Å². The smallest absolute Gasteiger partial charge is 0.329 e. The standard InChI is InChI=1S/C27H32N2O4/c1-19-26(22-7-4-3-5-8-22)27(23-9-6-10-24(15-23)32-2)29(28-19)16-20-11-13-21(14-12-20)17-33-18-25(30)31/h3-10,15,20-21H,11-14,16-18H2,1-2H3,(H,30,31)/t20-,21-. The van der Waals surface area contributed by atoms with E-state index in [2.05, 4.69) is 48.0 Å². The summed E-state index contributed by atoms with van der Waals surface area (Å²) in [5, 5.41) is 13.8. The van der Waals surface area contributed by atoms with E-state index in [1.165, 1.54) is 11.1 Å². The number of hydrogen-bond acceptors (Lipinski definition) is 4. The third-order valence-corrected chi connectivity index (χ3v) is 6.51. The molecule has 0 amide bonds. The molecular weight excluding hydrogens is 416 g/mol. The van der Waals surface area contributed by atoms with Crippen LogP contribution in [0.25, 0.3) is 22.4 Å². The van der Waals surface area contributed by atoms with Crippen molar-refractivity contribution in [2.45, 2.75) is 39.2 Å². The summed E-state index contributed by atoms with van der Waals surface area (Å²) in [5.74, 6) is 0.904. The van der Waals surface area contributed by atoms with Gasteiger partial charge in [-0.3, -0.25) is 4.68 Å². The molecule has 6 nitrogen and oxygen atoms in total. The number of aliphatic carboxylic acids is 1. The van der Waals surface area contributed by atoms with Gasteiger partial charge in [0.05, 0.1) is 25.1 Å². The average Bonchev–Trinajstić information content (AvgIpc) is 3.16. The van der Waals surface area contributed by atoms with Gasteiger partial charge in [0.15, 0.2) is 0 Å². The van der Waals surface area contributed by atoms with E-state index in [9.17, 15) is 4.79 Å². The Kier molecular flexibility index (Phi) is 7.45. The molecule has 174 valence electrons. The Labute approximate surface area is 195 Å². The van der Waals surface area contributed by atoms with E-state index < -0.39 is 5.97 Å². The molecule has 0 aliphatic heterocycles. The Morgan fingerprint density at radius 1 is 1.03 bits per heavy atom. The molecule has 1 N–H and O–H groups in total. The van der Waals surface area contributed by atoms with Crippen molar-refractivity contribution < 1.29 is 19.4 Å². The van der Waals surface area contributed by atoms with E-state index >= 15 is 0 Å². The first kappa shape index (κ1) is 23.1. The average molecular weight is 449 g/mol. The molecule has 0 spiro atoms. The predicted molar refractivity (Wildman–Crippen MR) is 128 cm³/mol. The van der Waals surface area contributed by atoms with E-state index in [4.69, 9.17) is 19.7 Å². The molecule has 1 aromatic heterocycles. The number of nitrogens with zero attached hydrogens (tertiary/aromatic N) is 2. The van der Waals surface area contributed by atoms with Crippen LogP contribution in [0.1, 0.15) is 31.4 Å². The second-order valence-corrected chi connectivity index (χ2v) is 8.88. The van der Waals surface area contributed by atoms with E-state index in [-0.39, 0.29) is 6.61 Å². The predicted octanol–water partition coefficient (Wildman–Crippen LogP) is 5.44. The summed E-state index contributed by atoms with van der Waals surface area (Å²) < 4.78 is 13.0. The zero-order chi connectivity index (χ0) is 23.2. The molecule has 0 saturated heterocycles. The molecular formula is C27H32N2O4. The summed E-state index contributed by atoms with van der Waals surface area (Å²) >= 11 is 0. The minimum Gasteiger partial charge on any atom is -0.497 e. The van der Waals surface area contributed by atoms with Crippen molar-refractivity contribution in [1.29, 1.82) is 0 Å². The third-order valence-electron chi connectivity index (χ3n) is 6.51. The van der Waals surface area contributed by atoms with Gasteiger partial charge in [0, 0.05) is 17.7 Å². The van der Waals surface area contributed by atoms with Crippen molar-refractivity contribution in [2.75, 3.05) is 20.3 Å². The molecule has 6 heteroatoms. The Bertz CT molecular complexity index is 1070. The Morgan fingerprint density at radius 2 is 1.73 bits per heavy atom. The molecule has 1 fully saturated rings. The first-order valence-electron chi connectivity index (χ1n) is 11.6. The highest BCUT2D eigenvalue weighted by Crippen LogP contribution is 2.38. The topological polar surface area (TPSA) is 73.6 Å². The quantitative estimate of drug-likeness (QED) is 0.472. The first-order valence-corrected chi connectivity index (χ1v) is 11.6. The summed E-state index contributed by atoms with van der Waals surface area (Å²) in [7, 11) is 1.69. The largest absolute Gasteiger partial charge is 0.497 e. The van der Waals surface area contributed by atoms with Gasteiger partial charge in [0.2, 0.25) is 0 Å². The van der Waals surface area contributed by atoms with Crippen LogP contribution in [0.2, 0.25) is 0 Å². The van der Waals surface area contributed by atoms with Crippen LogP contribution in [0.3, 0.4) is 0 Å². The van der Waals surface area contributed by atoms with Crippen LogP contribution in [-0.2, 0) is 16.1 Å². The molecule has 0 bridgehead atoms. The van der Waals surface area contributed by atoms with Crippen LogP contribution in [0.15, 0.2) is 54.6 Å². The molecule has 0 unspecified atom stereocenters. The Hall–Kier alpha value is -3.12. The number of carbonyl (C=O) groups is 1. The van der Waals surface area contributed by atoms with Crippen molar-refractivity contribution in [3.63, 3.8) is 0 Å². The highest BCUT2D eigenvalue weighted by atomic mass is 16.5. The number of carboxylic acids is 1. The molecule has 4 rings (SSSR count). The van der Waals surface area contributed by atoms with Gasteiger partial charge >= 0.3 is 5.97 Å². The van der Waals surface area contributed by atoms with E-state index in [1.54, 1.807) is 7.11 Å². The number of benzene rings is 2. The molecule has 0 radical (unpaired) electrons. The molecule has 1 saturated carbocycles. The van der Waals surface area contributed by atoms with Gasteiger partial charge in [-0.05, 0) is 62.1 Å². The number of hydrogen-bond donors (Lipinski definition) is 1. The van der Waals surface area contributed by atoms with Gasteiger partial charge in [-0.25, -0.2) is 4.79 Å². The lowest BCUT2D eigenvalue weighted by Gasteiger charge is -2.28. The Morgan fingerprint density at radius 3 is 2.42 bits per heavy atom. The van der Waals surface area contributed by atoms with Crippen LogP contribution in [0.5, 0.6) is 5.75 Å². The van der Waals surface area contributed by atoms with Crippen molar-refractivity contribution in [3.8, 4) is 28.1 Å². The number of carboxylic acid groups (broad SMARTS) is 1. The second kappa shape index (κ2) is 10.7. The van der Waals surface area contributed by atoms with Crippen molar-refractivity contribution >= 4 is 5.97 Å². The van der Waals surface area contributed by atoms with Gasteiger partial charge in [0.1, 0.15) is 12.4 Å². The molecule has 1 heterocycles. The lowest BCUT2D eigenvalue weighted by Crippen LogP contribution is -2.23. The monoisotopic (exact) mass is 448 g/mol. The van der Waals surface area contributed by atoms with Crippen LogP contribution in [0, 0.1) is 18.8 Å². The van der Waals surface area contributed by atoms with E-state index in [1.807, 2.05) is 18.2 Å². The van der Waals surface area contributed by atoms with Gasteiger partial charge in [-0.2, -0.15) is 5.10 Å². The zero-order valence-corrected chi connectivity index (χ0v) is 19.4. The fourth-order valence-electron chi connectivity index (χ4n) is 4.87. The molecule has 1 aliphatic rings. The summed E-state index contributed by atoms with van der Waals surface area (Å²) in [4.78, 5) is 10.7. The number of aromatic nitrogens is 2. The first-order chi connectivity index (χ1) is 16.0. The maximum Gasteiger partial charge on any atom is 0.329 e. The summed E-state index contributed by atoms with van der Waals surface area (Å²) in [6, 6.07) is 18.6. The maximum absolute atomic E-state index is 10.7. The molecule has 33 heavy (non-hydrogen) atoms. The van der Waals surface area contributed by atoms with Gasteiger partial charge in [0.25, 0.3) is 0 Å². The fraction of sp³-hybridized carbons (Fsp3) is 0.407. The maximum atomic E-state index is 10.7. The Balaban J connectivity index is 1.57. The molecule has 0 atom stereocenters. The second-order valence-electron chi connectivity index (χ2n) is 8.88. The van der Waals surface area contributed by atoms with Crippen LogP contribution in [-0.4, -0.2) is 41.2 Å².